The highest BCUT2D eigenvalue weighted by Crippen LogP contribution is 2.17. The zero-order chi connectivity index (χ0) is 21.6. The highest BCUT2D eigenvalue weighted by atomic mass is 32.2. The van der Waals surface area contributed by atoms with E-state index in [2.05, 4.69) is 10.0 Å². The third-order valence-electron chi connectivity index (χ3n) is 4.67. The van der Waals surface area contributed by atoms with Crippen molar-refractivity contribution in [2.45, 2.75) is 35.2 Å². The first-order valence-corrected chi connectivity index (χ1v) is 12.7. The lowest BCUT2D eigenvalue weighted by atomic mass is 10.2. The maximum atomic E-state index is 12.3. The van der Waals surface area contributed by atoms with Crippen LogP contribution in [0.3, 0.4) is 0 Å². The molecule has 162 valence electrons. The first kappa shape index (κ1) is 22.4. The predicted molar refractivity (Wildman–Crippen MR) is 112 cm³/mol. The van der Waals surface area contributed by atoms with Crippen LogP contribution in [-0.4, -0.2) is 47.8 Å². The Hall–Kier alpha value is -2.27. The molecule has 1 fully saturated rings. The Kier molecular flexibility index (Phi) is 7.24. The number of hydrogen-bond donors (Lipinski definition) is 2. The molecule has 0 radical (unpaired) electrons. The zero-order valence-corrected chi connectivity index (χ0v) is 17.9. The molecule has 2 N–H and O–H groups in total. The largest absolute Gasteiger partial charge is 0.377 e. The van der Waals surface area contributed by atoms with Gasteiger partial charge in [0.2, 0.25) is 15.9 Å². The Balaban J connectivity index is 1.52. The topological polar surface area (TPSA) is 119 Å². The number of anilines is 1. The van der Waals surface area contributed by atoms with Crippen molar-refractivity contribution in [3.8, 4) is 0 Å². The van der Waals surface area contributed by atoms with Crippen molar-refractivity contribution in [3.63, 3.8) is 0 Å². The third kappa shape index (κ3) is 6.11. The molecule has 30 heavy (non-hydrogen) atoms. The summed E-state index contributed by atoms with van der Waals surface area (Å²) in [5, 5.41) is 2.58. The quantitative estimate of drug-likeness (QED) is 0.600. The van der Waals surface area contributed by atoms with Gasteiger partial charge in [0, 0.05) is 25.3 Å². The van der Waals surface area contributed by atoms with Crippen molar-refractivity contribution in [3.05, 3.63) is 54.6 Å². The van der Waals surface area contributed by atoms with Crippen LogP contribution < -0.4 is 10.0 Å². The minimum atomic E-state index is -3.68. The number of amides is 1. The fourth-order valence-corrected chi connectivity index (χ4v) is 5.33. The summed E-state index contributed by atoms with van der Waals surface area (Å²) in [6, 6.07) is 13.6. The Labute approximate surface area is 176 Å². The monoisotopic (exact) mass is 452 g/mol. The molecule has 2 aromatic rings. The molecule has 8 nitrogen and oxygen atoms in total. The molecule has 1 amide bonds. The molecule has 0 aromatic heterocycles. The van der Waals surface area contributed by atoms with Crippen molar-refractivity contribution in [1.82, 2.24) is 4.72 Å². The highest BCUT2D eigenvalue weighted by Gasteiger charge is 2.20. The second-order valence-electron chi connectivity index (χ2n) is 6.94. The summed E-state index contributed by atoms with van der Waals surface area (Å²) < 4.78 is 57.1. The van der Waals surface area contributed by atoms with Crippen LogP contribution in [0, 0.1) is 0 Å². The molecular formula is C20H24N2O6S2. The van der Waals surface area contributed by atoms with Gasteiger partial charge in [-0.25, -0.2) is 21.6 Å². The normalized spacial score (nSPS) is 17.0. The van der Waals surface area contributed by atoms with Crippen LogP contribution in [-0.2, 0) is 29.4 Å². The van der Waals surface area contributed by atoms with Gasteiger partial charge in [0.05, 0.1) is 21.6 Å². The van der Waals surface area contributed by atoms with Crippen molar-refractivity contribution < 1.29 is 26.4 Å². The smallest absolute Gasteiger partial charge is 0.240 e. The number of nitrogens with one attached hydrogen (secondary N) is 2. The summed E-state index contributed by atoms with van der Waals surface area (Å²) in [5.74, 6) is -0.788. The average Bonchev–Trinajstić information content (AvgIpc) is 3.26. The van der Waals surface area contributed by atoms with E-state index < -0.39 is 25.8 Å². The van der Waals surface area contributed by atoms with E-state index in [4.69, 9.17) is 4.74 Å². The van der Waals surface area contributed by atoms with Crippen molar-refractivity contribution >= 4 is 31.5 Å². The van der Waals surface area contributed by atoms with Crippen molar-refractivity contribution in [2.75, 3.05) is 24.2 Å². The standard InChI is InChI=1S/C20H24N2O6S2/c23-20(12-14-29(24,25)18-6-2-1-3-7-18)22-16-8-10-19(11-9-16)30(26,27)21-15-17-5-4-13-28-17/h1-3,6-11,17,21H,4-5,12-15H2,(H,22,23). The van der Waals surface area contributed by atoms with Gasteiger partial charge < -0.3 is 10.1 Å². The molecule has 0 bridgehead atoms. The van der Waals surface area contributed by atoms with Gasteiger partial charge in [0.25, 0.3) is 0 Å². The van der Waals surface area contributed by atoms with Crippen LogP contribution in [0.15, 0.2) is 64.4 Å². The van der Waals surface area contributed by atoms with Crippen LogP contribution in [0.4, 0.5) is 5.69 Å². The van der Waals surface area contributed by atoms with Gasteiger partial charge in [-0.1, -0.05) is 18.2 Å². The minimum absolute atomic E-state index is 0.0742. The fraction of sp³-hybridized carbons (Fsp3) is 0.350. The maximum Gasteiger partial charge on any atom is 0.240 e. The summed E-state index contributed by atoms with van der Waals surface area (Å²) in [5.41, 5.74) is 0.384. The molecule has 1 aliphatic rings. The van der Waals surface area contributed by atoms with E-state index in [9.17, 15) is 21.6 Å². The average molecular weight is 453 g/mol. The summed E-state index contributed by atoms with van der Waals surface area (Å²) in [7, 11) is -7.22. The van der Waals surface area contributed by atoms with Gasteiger partial charge in [-0.3, -0.25) is 4.79 Å². The Bertz CT molecular complexity index is 1060. The fourth-order valence-electron chi connectivity index (χ4n) is 3.00. The first-order chi connectivity index (χ1) is 14.3. The molecule has 1 saturated heterocycles. The van der Waals surface area contributed by atoms with E-state index in [1.807, 2.05) is 0 Å². The number of benzene rings is 2. The number of sulfonamides is 1. The highest BCUT2D eigenvalue weighted by molar-refractivity contribution is 7.91. The van der Waals surface area contributed by atoms with E-state index in [1.165, 1.54) is 36.4 Å². The van der Waals surface area contributed by atoms with E-state index in [0.717, 1.165) is 12.8 Å². The molecular weight excluding hydrogens is 428 g/mol. The maximum absolute atomic E-state index is 12.3. The molecule has 3 rings (SSSR count). The van der Waals surface area contributed by atoms with Gasteiger partial charge in [-0.05, 0) is 49.2 Å². The minimum Gasteiger partial charge on any atom is -0.377 e. The molecule has 0 spiro atoms. The molecule has 0 aliphatic carbocycles. The number of carbonyl (C=O) groups is 1. The summed E-state index contributed by atoms with van der Waals surface area (Å²) in [4.78, 5) is 12.3. The van der Waals surface area contributed by atoms with Gasteiger partial charge in [0.15, 0.2) is 9.84 Å². The number of hydrogen-bond acceptors (Lipinski definition) is 6. The summed E-state index contributed by atoms with van der Waals surface area (Å²) in [6.07, 6.45) is 1.44. The number of carbonyl (C=O) groups excluding carboxylic acids is 1. The van der Waals surface area contributed by atoms with Crippen LogP contribution in [0.25, 0.3) is 0 Å². The number of sulfone groups is 1. The molecule has 0 saturated carbocycles. The first-order valence-electron chi connectivity index (χ1n) is 9.55. The van der Waals surface area contributed by atoms with E-state index in [0.29, 0.717) is 12.3 Å². The summed E-state index contributed by atoms with van der Waals surface area (Å²) >= 11 is 0. The zero-order valence-electron chi connectivity index (χ0n) is 16.3. The molecule has 1 heterocycles. The van der Waals surface area contributed by atoms with Crippen molar-refractivity contribution in [2.24, 2.45) is 0 Å². The third-order valence-corrected chi connectivity index (χ3v) is 7.85. The van der Waals surface area contributed by atoms with E-state index in [1.54, 1.807) is 18.2 Å². The van der Waals surface area contributed by atoms with Crippen molar-refractivity contribution in [1.29, 1.82) is 0 Å². The van der Waals surface area contributed by atoms with Crippen LogP contribution >= 0.6 is 0 Å². The Morgan fingerprint density at radius 2 is 1.67 bits per heavy atom. The SMILES string of the molecule is O=C(CCS(=O)(=O)c1ccccc1)Nc1ccc(S(=O)(=O)NCC2CCCO2)cc1. The van der Waals surface area contributed by atoms with Gasteiger partial charge in [0.1, 0.15) is 0 Å². The van der Waals surface area contributed by atoms with E-state index >= 15 is 0 Å². The molecule has 2 aromatic carbocycles. The molecule has 1 aliphatic heterocycles. The second kappa shape index (κ2) is 9.69. The van der Waals surface area contributed by atoms with Crippen LogP contribution in [0.1, 0.15) is 19.3 Å². The van der Waals surface area contributed by atoms with Gasteiger partial charge in [-0.15, -0.1) is 0 Å². The lowest BCUT2D eigenvalue weighted by Gasteiger charge is -2.12. The molecule has 1 atom stereocenters. The lowest BCUT2D eigenvalue weighted by Crippen LogP contribution is -2.31. The van der Waals surface area contributed by atoms with Crippen LogP contribution in [0.5, 0.6) is 0 Å². The second-order valence-corrected chi connectivity index (χ2v) is 10.8. The predicted octanol–water partition coefficient (Wildman–Crippen LogP) is 1.95. The summed E-state index contributed by atoms with van der Waals surface area (Å²) in [6.45, 7) is 0.865. The lowest BCUT2D eigenvalue weighted by molar-refractivity contribution is -0.115. The Morgan fingerprint density at radius 3 is 2.30 bits per heavy atom. The van der Waals surface area contributed by atoms with E-state index in [-0.39, 0.29) is 34.6 Å². The number of ether oxygens (including phenoxy) is 1. The number of rotatable bonds is 9. The van der Waals surface area contributed by atoms with Gasteiger partial charge >= 0.3 is 0 Å². The Morgan fingerprint density at radius 1 is 0.967 bits per heavy atom. The molecule has 1 unspecified atom stereocenters. The van der Waals surface area contributed by atoms with Gasteiger partial charge in [-0.2, -0.15) is 0 Å². The van der Waals surface area contributed by atoms with Crippen LogP contribution in [0.2, 0.25) is 0 Å². The molecule has 10 heteroatoms.